The number of hydrogen-bond donors (Lipinski definition) is 1. The van der Waals surface area contributed by atoms with E-state index in [1.54, 1.807) is 29.1 Å². The SMILES string of the molecule is CCCn1nc(C)c([N+](=O)[O-])c1NC(CC)c1nccs1. The standard InChI is InChI=1S/C13H19N5O2S/c1-4-7-17-12(11(18(19)20)9(3)16-17)15-10(5-2)13-14-6-8-21-13/h6,8,10,15H,4-5,7H2,1-3H3. The lowest BCUT2D eigenvalue weighted by molar-refractivity contribution is -0.384. The summed E-state index contributed by atoms with van der Waals surface area (Å²) in [4.78, 5) is 15.2. The molecule has 0 amide bonds. The van der Waals surface area contributed by atoms with Crippen LogP contribution in [0.25, 0.3) is 0 Å². The highest BCUT2D eigenvalue weighted by molar-refractivity contribution is 7.09. The first kappa shape index (κ1) is 15.4. The van der Waals surface area contributed by atoms with Gasteiger partial charge in [0.25, 0.3) is 0 Å². The quantitative estimate of drug-likeness (QED) is 0.624. The molecule has 0 saturated heterocycles. The van der Waals surface area contributed by atoms with E-state index in [9.17, 15) is 10.1 Å². The van der Waals surface area contributed by atoms with Gasteiger partial charge in [-0.15, -0.1) is 11.3 Å². The van der Waals surface area contributed by atoms with Crippen molar-refractivity contribution in [2.24, 2.45) is 0 Å². The molecule has 0 fully saturated rings. The Bertz CT molecular complexity index is 608. The van der Waals surface area contributed by atoms with Crippen molar-refractivity contribution >= 4 is 22.8 Å². The van der Waals surface area contributed by atoms with Gasteiger partial charge in [-0.25, -0.2) is 9.67 Å². The topological polar surface area (TPSA) is 85.9 Å². The van der Waals surface area contributed by atoms with Crippen molar-refractivity contribution in [1.82, 2.24) is 14.8 Å². The highest BCUT2D eigenvalue weighted by atomic mass is 32.1. The summed E-state index contributed by atoms with van der Waals surface area (Å²) in [7, 11) is 0. The maximum Gasteiger partial charge on any atom is 0.333 e. The van der Waals surface area contributed by atoms with Crippen LogP contribution in [-0.2, 0) is 6.54 Å². The summed E-state index contributed by atoms with van der Waals surface area (Å²) in [5.41, 5.74) is 0.489. The van der Waals surface area contributed by atoms with Crippen molar-refractivity contribution in [3.05, 3.63) is 32.4 Å². The number of thiazole rings is 1. The van der Waals surface area contributed by atoms with Crippen LogP contribution in [0, 0.1) is 17.0 Å². The van der Waals surface area contributed by atoms with E-state index in [-0.39, 0.29) is 16.7 Å². The summed E-state index contributed by atoms with van der Waals surface area (Å²) in [6.07, 6.45) is 3.40. The number of rotatable bonds is 7. The fourth-order valence-corrected chi connectivity index (χ4v) is 2.99. The highest BCUT2D eigenvalue weighted by Gasteiger charge is 2.27. The summed E-state index contributed by atoms with van der Waals surface area (Å²) < 4.78 is 1.68. The molecular weight excluding hydrogens is 290 g/mol. The Morgan fingerprint density at radius 3 is 2.81 bits per heavy atom. The molecule has 0 bridgehead atoms. The molecule has 7 nitrogen and oxygen atoms in total. The van der Waals surface area contributed by atoms with Gasteiger partial charge in [-0.1, -0.05) is 13.8 Å². The Kier molecular flexibility index (Phi) is 4.89. The van der Waals surface area contributed by atoms with Crippen molar-refractivity contribution in [2.45, 2.75) is 46.2 Å². The van der Waals surface area contributed by atoms with Crippen LogP contribution < -0.4 is 5.32 Å². The van der Waals surface area contributed by atoms with Gasteiger partial charge in [0, 0.05) is 18.1 Å². The van der Waals surface area contributed by atoms with Gasteiger partial charge in [-0.2, -0.15) is 5.10 Å². The third-order valence-electron chi connectivity index (χ3n) is 3.18. The average molecular weight is 309 g/mol. The second-order valence-electron chi connectivity index (χ2n) is 4.74. The van der Waals surface area contributed by atoms with E-state index in [2.05, 4.69) is 15.4 Å². The zero-order valence-corrected chi connectivity index (χ0v) is 13.2. The van der Waals surface area contributed by atoms with Crippen molar-refractivity contribution in [3.63, 3.8) is 0 Å². The largest absolute Gasteiger partial charge is 0.355 e. The first-order valence-corrected chi connectivity index (χ1v) is 7.84. The first-order valence-electron chi connectivity index (χ1n) is 6.96. The van der Waals surface area contributed by atoms with E-state index in [1.807, 2.05) is 19.2 Å². The third kappa shape index (κ3) is 3.21. The van der Waals surface area contributed by atoms with Gasteiger partial charge in [0.1, 0.15) is 10.7 Å². The van der Waals surface area contributed by atoms with Crippen LogP contribution in [0.3, 0.4) is 0 Å². The second kappa shape index (κ2) is 6.66. The molecule has 2 aromatic rings. The molecule has 0 aliphatic carbocycles. The van der Waals surface area contributed by atoms with Crippen LogP contribution in [-0.4, -0.2) is 19.7 Å². The maximum absolute atomic E-state index is 11.3. The van der Waals surface area contributed by atoms with Crippen molar-refractivity contribution in [1.29, 1.82) is 0 Å². The normalized spacial score (nSPS) is 12.3. The van der Waals surface area contributed by atoms with E-state index in [1.165, 1.54) is 0 Å². The van der Waals surface area contributed by atoms with Gasteiger partial charge in [0.2, 0.25) is 5.82 Å². The molecule has 21 heavy (non-hydrogen) atoms. The molecule has 1 N–H and O–H groups in total. The van der Waals surface area contributed by atoms with Crippen molar-refractivity contribution in [3.8, 4) is 0 Å². The van der Waals surface area contributed by atoms with Crippen LogP contribution in [0.2, 0.25) is 0 Å². The summed E-state index contributed by atoms with van der Waals surface area (Å²) in [6.45, 7) is 6.36. The predicted octanol–water partition coefficient (Wildman–Crippen LogP) is 3.53. The Labute approximate surface area is 127 Å². The second-order valence-corrected chi connectivity index (χ2v) is 5.66. The number of aromatic nitrogens is 3. The van der Waals surface area contributed by atoms with Crippen LogP contribution in [0.1, 0.15) is 43.4 Å². The molecule has 0 saturated carbocycles. The van der Waals surface area contributed by atoms with Gasteiger partial charge in [-0.05, 0) is 19.8 Å². The van der Waals surface area contributed by atoms with Gasteiger partial charge in [0.15, 0.2) is 0 Å². The molecule has 2 rings (SSSR count). The Balaban J connectivity index is 2.38. The Morgan fingerprint density at radius 2 is 2.29 bits per heavy atom. The van der Waals surface area contributed by atoms with E-state index in [0.717, 1.165) is 17.8 Å². The smallest absolute Gasteiger partial charge is 0.333 e. The maximum atomic E-state index is 11.3. The van der Waals surface area contributed by atoms with Crippen LogP contribution in [0.4, 0.5) is 11.5 Å². The predicted molar refractivity (Wildman–Crippen MR) is 82.7 cm³/mol. The molecule has 1 atom stereocenters. The highest BCUT2D eigenvalue weighted by Crippen LogP contribution is 2.33. The number of hydrogen-bond acceptors (Lipinski definition) is 6. The summed E-state index contributed by atoms with van der Waals surface area (Å²) in [6, 6.07) is -0.0459. The van der Waals surface area contributed by atoms with Crippen LogP contribution in [0.5, 0.6) is 0 Å². The van der Waals surface area contributed by atoms with Crippen molar-refractivity contribution in [2.75, 3.05) is 5.32 Å². The number of nitro groups is 1. The van der Waals surface area contributed by atoms with Crippen LogP contribution in [0.15, 0.2) is 11.6 Å². The molecule has 0 radical (unpaired) electrons. The van der Waals surface area contributed by atoms with Gasteiger partial charge in [-0.3, -0.25) is 10.1 Å². The van der Waals surface area contributed by atoms with E-state index >= 15 is 0 Å². The summed E-state index contributed by atoms with van der Waals surface area (Å²) >= 11 is 1.54. The summed E-state index contributed by atoms with van der Waals surface area (Å²) in [5.74, 6) is 0.474. The zero-order chi connectivity index (χ0) is 15.4. The minimum Gasteiger partial charge on any atom is -0.355 e. The lowest BCUT2D eigenvalue weighted by Crippen LogP contribution is -2.14. The lowest BCUT2D eigenvalue weighted by atomic mass is 10.2. The molecule has 0 aliphatic rings. The first-order chi connectivity index (χ1) is 10.1. The molecule has 8 heteroatoms. The van der Waals surface area contributed by atoms with Gasteiger partial charge >= 0.3 is 5.69 Å². The number of aryl methyl sites for hydroxylation is 2. The molecule has 0 spiro atoms. The molecule has 0 aliphatic heterocycles. The third-order valence-corrected chi connectivity index (χ3v) is 4.07. The molecular formula is C13H19N5O2S. The monoisotopic (exact) mass is 309 g/mol. The Hall–Kier alpha value is -1.96. The number of nitrogens with zero attached hydrogens (tertiary/aromatic N) is 4. The molecule has 1 unspecified atom stereocenters. The minimum absolute atomic E-state index is 0.0459. The van der Waals surface area contributed by atoms with Crippen LogP contribution >= 0.6 is 11.3 Å². The molecule has 2 heterocycles. The lowest BCUT2D eigenvalue weighted by Gasteiger charge is -2.16. The fourth-order valence-electron chi connectivity index (χ4n) is 2.22. The van der Waals surface area contributed by atoms with E-state index in [4.69, 9.17) is 0 Å². The molecule has 0 aromatic carbocycles. The number of anilines is 1. The van der Waals surface area contributed by atoms with Crippen molar-refractivity contribution < 1.29 is 4.92 Å². The fraction of sp³-hybridized carbons (Fsp3) is 0.538. The average Bonchev–Trinajstić information content (AvgIpc) is 3.04. The zero-order valence-electron chi connectivity index (χ0n) is 12.4. The molecule has 2 aromatic heterocycles. The Morgan fingerprint density at radius 1 is 1.52 bits per heavy atom. The minimum atomic E-state index is -0.370. The van der Waals surface area contributed by atoms with E-state index < -0.39 is 0 Å². The summed E-state index contributed by atoms with van der Waals surface area (Å²) in [5, 5.41) is 21.7. The number of nitrogens with one attached hydrogen (secondary N) is 1. The van der Waals surface area contributed by atoms with Gasteiger partial charge < -0.3 is 5.32 Å². The van der Waals surface area contributed by atoms with E-state index in [0.29, 0.717) is 18.1 Å². The van der Waals surface area contributed by atoms with Gasteiger partial charge in [0.05, 0.1) is 11.0 Å². The molecule has 114 valence electrons.